The van der Waals surface area contributed by atoms with Crippen LogP contribution in [0.1, 0.15) is 63.6 Å². The number of nitrogens with zero attached hydrogens (tertiary/aromatic N) is 1. The number of amidine groups is 1. The zero-order chi connectivity index (χ0) is 18.9. The number of benzene rings is 1. The molecule has 1 aromatic rings. The van der Waals surface area contributed by atoms with E-state index in [0.29, 0.717) is 18.2 Å². The molecule has 0 heterocycles. The van der Waals surface area contributed by atoms with Crippen molar-refractivity contribution in [2.75, 3.05) is 6.61 Å². The Morgan fingerprint density at radius 2 is 2.08 bits per heavy atom. The van der Waals surface area contributed by atoms with Crippen LogP contribution in [-0.2, 0) is 6.42 Å². The van der Waals surface area contributed by atoms with Crippen LogP contribution in [0.25, 0.3) is 0 Å². The van der Waals surface area contributed by atoms with E-state index in [-0.39, 0.29) is 23.4 Å². The van der Waals surface area contributed by atoms with Gasteiger partial charge in [0.2, 0.25) is 0 Å². The van der Waals surface area contributed by atoms with Crippen molar-refractivity contribution in [3.63, 3.8) is 0 Å². The molecular formula is C21H31N3O2. The van der Waals surface area contributed by atoms with Crippen molar-refractivity contribution in [2.45, 2.75) is 65.0 Å². The van der Waals surface area contributed by atoms with Crippen LogP contribution in [0.15, 0.2) is 23.2 Å². The summed E-state index contributed by atoms with van der Waals surface area (Å²) in [7, 11) is 0. The van der Waals surface area contributed by atoms with Crippen LogP contribution < -0.4 is 10.5 Å². The maximum Gasteiger partial charge on any atom is 0.136 e. The highest BCUT2D eigenvalue weighted by Gasteiger charge is 2.48. The van der Waals surface area contributed by atoms with Crippen molar-refractivity contribution in [3.05, 3.63) is 29.3 Å². The van der Waals surface area contributed by atoms with E-state index in [4.69, 9.17) is 20.9 Å². The molecule has 0 radical (unpaired) electrons. The van der Waals surface area contributed by atoms with Gasteiger partial charge in [-0.25, -0.2) is 0 Å². The molecule has 142 valence electrons. The number of fused-ring (bicyclic) bond motifs is 1. The van der Waals surface area contributed by atoms with E-state index in [1.165, 1.54) is 11.1 Å². The van der Waals surface area contributed by atoms with Crippen molar-refractivity contribution < 1.29 is 9.84 Å². The molecule has 0 saturated heterocycles. The standard InChI is InChI=1S/C21H31N3O2/c1-13(2)12-26-17-5-4-15-11-21(8-6-16(25)7-9-21)19(18(15)10-17)24-14(3)20(22)23/h4-5,10,13,16,19,25H,6-9,11-12H2,1-3H3,(H3,22,23)/t16?,19-,21?/m0/s1. The van der Waals surface area contributed by atoms with Crippen LogP contribution in [0.4, 0.5) is 0 Å². The van der Waals surface area contributed by atoms with Crippen LogP contribution in [0.5, 0.6) is 5.75 Å². The number of hydrogen-bond donors (Lipinski definition) is 3. The molecule has 1 atom stereocenters. The fourth-order valence-electron chi connectivity index (χ4n) is 4.24. The topological polar surface area (TPSA) is 91.7 Å². The summed E-state index contributed by atoms with van der Waals surface area (Å²) < 4.78 is 5.93. The Balaban J connectivity index is 1.96. The van der Waals surface area contributed by atoms with Gasteiger partial charge in [0.25, 0.3) is 0 Å². The van der Waals surface area contributed by atoms with E-state index in [1.54, 1.807) is 0 Å². The molecule has 0 aliphatic heterocycles. The lowest BCUT2D eigenvalue weighted by atomic mass is 9.69. The summed E-state index contributed by atoms with van der Waals surface area (Å²) in [4.78, 5) is 4.89. The van der Waals surface area contributed by atoms with E-state index < -0.39 is 0 Å². The Hall–Kier alpha value is -1.88. The lowest BCUT2D eigenvalue weighted by Gasteiger charge is -2.39. The predicted molar refractivity (Wildman–Crippen MR) is 105 cm³/mol. The summed E-state index contributed by atoms with van der Waals surface area (Å²) in [6.45, 7) is 6.78. The van der Waals surface area contributed by atoms with Crippen LogP contribution >= 0.6 is 0 Å². The quantitative estimate of drug-likeness (QED) is 0.555. The minimum atomic E-state index is -0.201. The Labute approximate surface area is 156 Å². The van der Waals surface area contributed by atoms with Gasteiger partial charge in [-0.05, 0) is 68.2 Å². The lowest BCUT2D eigenvalue weighted by Crippen LogP contribution is -2.33. The largest absolute Gasteiger partial charge is 0.493 e. The monoisotopic (exact) mass is 357 g/mol. The molecule has 0 amide bonds. The fourth-order valence-corrected chi connectivity index (χ4v) is 4.24. The van der Waals surface area contributed by atoms with Crippen LogP contribution in [-0.4, -0.2) is 29.4 Å². The second-order valence-electron chi connectivity index (χ2n) is 8.37. The minimum absolute atomic E-state index is 0.0171. The van der Waals surface area contributed by atoms with Crippen molar-refractivity contribution in [1.29, 1.82) is 5.41 Å². The molecule has 0 bridgehead atoms. The first-order valence-electron chi connectivity index (χ1n) is 9.63. The van der Waals surface area contributed by atoms with Gasteiger partial charge in [-0.15, -0.1) is 0 Å². The van der Waals surface area contributed by atoms with Crippen LogP contribution in [0.2, 0.25) is 0 Å². The molecule has 4 N–H and O–H groups in total. The highest BCUT2D eigenvalue weighted by Crippen LogP contribution is 2.56. The van der Waals surface area contributed by atoms with E-state index in [9.17, 15) is 5.11 Å². The molecule has 5 nitrogen and oxygen atoms in total. The summed E-state index contributed by atoms with van der Waals surface area (Å²) in [6.07, 6.45) is 4.30. The van der Waals surface area contributed by atoms with E-state index in [2.05, 4.69) is 32.0 Å². The first-order chi connectivity index (χ1) is 12.3. The summed E-state index contributed by atoms with van der Waals surface area (Å²) in [6, 6.07) is 6.32. The minimum Gasteiger partial charge on any atom is -0.493 e. The maximum absolute atomic E-state index is 9.98. The van der Waals surface area contributed by atoms with Crippen molar-refractivity contribution >= 4 is 11.5 Å². The second-order valence-corrected chi connectivity index (χ2v) is 8.37. The molecule has 0 aromatic heterocycles. The average Bonchev–Trinajstić information content (AvgIpc) is 2.88. The lowest BCUT2D eigenvalue weighted by molar-refractivity contribution is 0.0542. The van der Waals surface area contributed by atoms with E-state index in [1.807, 2.05) is 6.92 Å². The third kappa shape index (κ3) is 3.78. The Kier molecular flexibility index (Phi) is 5.37. The first-order valence-corrected chi connectivity index (χ1v) is 9.63. The Bertz CT molecular complexity index is 703. The smallest absolute Gasteiger partial charge is 0.136 e. The third-order valence-corrected chi connectivity index (χ3v) is 5.78. The third-order valence-electron chi connectivity index (χ3n) is 5.78. The first kappa shape index (κ1) is 18.9. The molecular weight excluding hydrogens is 326 g/mol. The zero-order valence-corrected chi connectivity index (χ0v) is 16.1. The van der Waals surface area contributed by atoms with Crippen LogP contribution in [0.3, 0.4) is 0 Å². The zero-order valence-electron chi connectivity index (χ0n) is 16.1. The molecule has 2 aliphatic rings. The van der Waals surface area contributed by atoms with Gasteiger partial charge in [0.15, 0.2) is 0 Å². The number of nitrogens with two attached hydrogens (primary N) is 1. The average molecular weight is 357 g/mol. The number of rotatable bonds is 5. The van der Waals surface area contributed by atoms with E-state index >= 15 is 0 Å². The summed E-state index contributed by atoms with van der Waals surface area (Å²) >= 11 is 0. The predicted octanol–water partition coefficient (Wildman–Crippen LogP) is 3.64. The molecule has 1 spiro atoms. The van der Waals surface area contributed by atoms with Gasteiger partial charge >= 0.3 is 0 Å². The summed E-state index contributed by atoms with van der Waals surface area (Å²) in [5, 5.41) is 17.7. The molecule has 1 saturated carbocycles. The van der Waals surface area contributed by atoms with Gasteiger partial charge in [-0.2, -0.15) is 0 Å². The fraction of sp³-hybridized carbons (Fsp3) is 0.619. The Morgan fingerprint density at radius 1 is 1.38 bits per heavy atom. The molecule has 2 aliphatic carbocycles. The van der Waals surface area contributed by atoms with Gasteiger partial charge in [0, 0.05) is 5.41 Å². The number of hydrogen-bond acceptors (Lipinski definition) is 4. The van der Waals surface area contributed by atoms with Crippen molar-refractivity contribution in [2.24, 2.45) is 22.1 Å². The van der Waals surface area contributed by atoms with Crippen molar-refractivity contribution in [1.82, 2.24) is 0 Å². The molecule has 5 heteroatoms. The molecule has 3 rings (SSSR count). The van der Waals surface area contributed by atoms with Gasteiger partial charge in [-0.1, -0.05) is 19.9 Å². The van der Waals surface area contributed by atoms with Gasteiger partial charge in [-0.3, -0.25) is 10.4 Å². The summed E-state index contributed by atoms with van der Waals surface area (Å²) in [5.41, 5.74) is 8.79. The molecule has 0 unspecified atom stereocenters. The molecule has 1 aromatic carbocycles. The number of aliphatic imine (C=N–C) groups is 1. The SMILES string of the molecule is CC(=N[C@H]1c2cc(OCC(C)C)ccc2CC12CCC(O)CC2)C(=N)N. The number of aliphatic hydroxyl groups is 1. The second kappa shape index (κ2) is 7.39. The van der Waals surface area contributed by atoms with Gasteiger partial charge < -0.3 is 15.6 Å². The van der Waals surface area contributed by atoms with Gasteiger partial charge in [0.1, 0.15) is 11.6 Å². The maximum atomic E-state index is 9.98. The van der Waals surface area contributed by atoms with E-state index in [0.717, 1.165) is 37.9 Å². The normalized spacial score (nSPS) is 28.4. The Morgan fingerprint density at radius 3 is 2.69 bits per heavy atom. The van der Waals surface area contributed by atoms with Crippen molar-refractivity contribution in [3.8, 4) is 5.75 Å². The van der Waals surface area contributed by atoms with Gasteiger partial charge in [0.05, 0.1) is 24.5 Å². The number of ether oxygens (including phenoxy) is 1. The molecule has 26 heavy (non-hydrogen) atoms. The number of nitrogens with one attached hydrogen (secondary N) is 1. The summed E-state index contributed by atoms with van der Waals surface area (Å²) in [5.74, 6) is 1.38. The molecule has 1 fully saturated rings. The highest BCUT2D eigenvalue weighted by molar-refractivity contribution is 6.38. The highest BCUT2D eigenvalue weighted by atomic mass is 16.5. The number of aliphatic hydroxyl groups excluding tert-OH is 1. The van der Waals surface area contributed by atoms with Crippen LogP contribution in [0, 0.1) is 16.7 Å².